The van der Waals surface area contributed by atoms with Gasteiger partial charge in [0, 0.05) is 42.8 Å². The molecule has 146 valence electrons. The zero-order chi connectivity index (χ0) is 19.8. The highest BCUT2D eigenvalue weighted by molar-refractivity contribution is 6.02. The van der Waals surface area contributed by atoms with Gasteiger partial charge in [-0.1, -0.05) is 12.1 Å². The van der Waals surface area contributed by atoms with Crippen molar-refractivity contribution in [1.82, 2.24) is 19.4 Å². The number of hydrogen-bond donors (Lipinski definition) is 0. The summed E-state index contributed by atoms with van der Waals surface area (Å²) in [6, 6.07) is 14.9. The van der Waals surface area contributed by atoms with Gasteiger partial charge in [0.2, 0.25) is 0 Å². The first-order valence-electron chi connectivity index (χ1n) is 10.1. The number of fused-ring (bicyclic) bond motifs is 1. The van der Waals surface area contributed by atoms with Crippen LogP contribution in [-0.2, 0) is 0 Å². The van der Waals surface area contributed by atoms with Crippen LogP contribution < -0.4 is 0 Å². The van der Waals surface area contributed by atoms with Gasteiger partial charge in [-0.15, -0.1) is 0 Å². The second-order valence-corrected chi connectivity index (χ2v) is 7.58. The average Bonchev–Trinajstić information content (AvgIpc) is 3.41. The Morgan fingerprint density at radius 2 is 1.62 bits per heavy atom. The predicted molar refractivity (Wildman–Crippen MR) is 114 cm³/mol. The summed E-state index contributed by atoms with van der Waals surface area (Å²) in [5.74, 6) is -0.235. The van der Waals surface area contributed by atoms with Gasteiger partial charge < -0.3 is 4.57 Å². The predicted octanol–water partition coefficient (Wildman–Crippen LogP) is 5.52. The Kier molecular flexibility index (Phi) is 4.60. The van der Waals surface area contributed by atoms with Crippen molar-refractivity contribution >= 4 is 11.0 Å². The maximum atomic E-state index is 13.6. The van der Waals surface area contributed by atoms with E-state index in [-0.39, 0.29) is 12.0 Å². The van der Waals surface area contributed by atoms with Crippen LogP contribution in [-0.4, -0.2) is 32.5 Å². The molecule has 1 fully saturated rings. The summed E-state index contributed by atoms with van der Waals surface area (Å²) in [4.78, 5) is 11.5. The molecule has 4 nitrogen and oxygen atoms in total. The van der Waals surface area contributed by atoms with E-state index >= 15 is 0 Å². The van der Waals surface area contributed by atoms with E-state index in [1.165, 1.54) is 25.0 Å². The largest absolute Gasteiger partial charge is 0.322 e. The number of hydrogen-bond acceptors (Lipinski definition) is 3. The number of rotatable bonds is 4. The van der Waals surface area contributed by atoms with Crippen molar-refractivity contribution in [3.8, 4) is 22.4 Å². The Morgan fingerprint density at radius 3 is 2.34 bits per heavy atom. The molecule has 1 unspecified atom stereocenters. The fourth-order valence-corrected chi connectivity index (χ4v) is 4.49. The van der Waals surface area contributed by atoms with Crippen molar-refractivity contribution in [3.63, 3.8) is 0 Å². The van der Waals surface area contributed by atoms with Gasteiger partial charge in [-0.2, -0.15) is 0 Å². The smallest absolute Gasteiger partial charge is 0.123 e. The third kappa shape index (κ3) is 3.12. The van der Waals surface area contributed by atoms with Crippen molar-refractivity contribution < 1.29 is 4.39 Å². The number of halogens is 1. The number of pyridine rings is 2. The molecule has 3 aromatic heterocycles. The first-order chi connectivity index (χ1) is 14.2. The van der Waals surface area contributed by atoms with Crippen molar-refractivity contribution in [2.24, 2.45) is 0 Å². The molecule has 0 saturated carbocycles. The van der Waals surface area contributed by atoms with Crippen LogP contribution in [0.2, 0.25) is 0 Å². The van der Waals surface area contributed by atoms with E-state index in [1.807, 2.05) is 48.9 Å². The molecule has 0 aliphatic carbocycles. The SMILES string of the molecule is CC(N1CCCC1)n1c(-c2ccncc2)c(-c2ccc(F)cc2)c2ncccc21. The lowest BCUT2D eigenvalue weighted by atomic mass is 10.0. The zero-order valence-corrected chi connectivity index (χ0v) is 16.4. The van der Waals surface area contributed by atoms with Gasteiger partial charge in [0.1, 0.15) is 5.82 Å². The molecule has 4 aromatic rings. The van der Waals surface area contributed by atoms with Gasteiger partial charge in [-0.3, -0.25) is 14.9 Å². The van der Waals surface area contributed by atoms with E-state index in [4.69, 9.17) is 4.98 Å². The third-order valence-electron chi connectivity index (χ3n) is 5.89. The molecule has 29 heavy (non-hydrogen) atoms. The van der Waals surface area contributed by atoms with Gasteiger partial charge in [-0.05, 0) is 61.7 Å². The Balaban J connectivity index is 1.84. The standard InChI is InChI=1S/C24H23FN4/c1-17(28-15-2-3-16-28)29-21-5-4-12-27-23(21)22(18-6-8-20(25)9-7-18)24(29)19-10-13-26-14-11-19/h4-14,17H,2-3,15-16H2,1H3. The molecule has 0 amide bonds. The highest BCUT2D eigenvalue weighted by atomic mass is 19.1. The van der Waals surface area contributed by atoms with Crippen molar-refractivity contribution in [1.29, 1.82) is 0 Å². The van der Waals surface area contributed by atoms with Crippen LogP contribution in [0.25, 0.3) is 33.4 Å². The summed E-state index contributed by atoms with van der Waals surface area (Å²) in [5, 5.41) is 0. The van der Waals surface area contributed by atoms with E-state index in [2.05, 4.69) is 27.4 Å². The summed E-state index contributed by atoms with van der Waals surface area (Å²) < 4.78 is 16.0. The molecule has 1 atom stereocenters. The minimum absolute atomic E-state index is 0.196. The monoisotopic (exact) mass is 386 g/mol. The first-order valence-corrected chi connectivity index (χ1v) is 10.1. The van der Waals surface area contributed by atoms with Crippen LogP contribution in [0.5, 0.6) is 0 Å². The molecule has 0 radical (unpaired) electrons. The van der Waals surface area contributed by atoms with E-state index in [9.17, 15) is 4.39 Å². The Labute approximate surface area is 169 Å². The van der Waals surface area contributed by atoms with Gasteiger partial charge in [-0.25, -0.2) is 4.39 Å². The fourth-order valence-electron chi connectivity index (χ4n) is 4.49. The molecular formula is C24H23FN4. The lowest BCUT2D eigenvalue weighted by molar-refractivity contribution is 0.200. The second-order valence-electron chi connectivity index (χ2n) is 7.58. The summed E-state index contributed by atoms with van der Waals surface area (Å²) >= 11 is 0. The maximum Gasteiger partial charge on any atom is 0.123 e. The molecule has 0 N–H and O–H groups in total. The maximum absolute atomic E-state index is 13.6. The molecule has 1 saturated heterocycles. The van der Waals surface area contributed by atoms with Gasteiger partial charge in [0.15, 0.2) is 0 Å². The summed E-state index contributed by atoms with van der Waals surface area (Å²) in [6.45, 7) is 4.46. The fraction of sp³-hybridized carbons (Fsp3) is 0.250. The molecule has 0 spiro atoms. The van der Waals surface area contributed by atoms with Crippen LogP contribution >= 0.6 is 0 Å². The summed E-state index contributed by atoms with van der Waals surface area (Å²) in [5.41, 5.74) is 6.23. The third-order valence-corrected chi connectivity index (χ3v) is 5.89. The van der Waals surface area contributed by atoms with Gasteiger partial charge in [0.25, 0.3) is 0 Å². The molecule has 5 rings (SSSR count). The minimum atomic E-state index is -0.235. The summed E-state index contributed by atoms with van der Waals surface area (Å²) in [6.07, 6.45) is 8.13. The Bertz CT molecular complexity index is 1130. The normalized spacial score (nSPS) is 15.8. The lowest BCUT2D eigenvalue weighted by Crippen LogP contribution is -2.28. The first kappa shape index (κ1) is 18.0. The topological polar surface area (TPSA) is 34.0 Å². The highest BCUT2D eigenvalue weighted by Crippen LogP contribution is 2.42. The number of benzene rings is 1. The van der Waals surface area contributed by atoms with Crippen LogP contribution in [0, 0.1) is 5.82 Å². The average molecular weight is 386 g/mol. The van der Waals surface area contributed by atoms with E-state index < -0.39 is 0 Å². The second kappa shape index (κ2) is 7.41. The van der Waals surface area contributed by atoms with E-state index in [0.29, 0.717) is 0 Å². The number of likely N-dealkylation sites (tertiary alicyclic amines) is 1. The molecule has 0 bridgehead atoms. The molecular weight excluding hydrogens is 363 g/mol. The summed E-state index contributed by atoms with van der Waals surface area (Å²) in [7, 11) is 0. The molecule has 1 aromatic carbocycles. The van der Waals surface area contributed by atoms with Gasteiger partial charge >= 0.3 is 0 Å². The zero-order valence-electron chi connectivity index (χ0n) is 16.4. The van der Waals surface area contributed by atoms with E-state index in [1.54, 1.807) is 0 Å². The molecule has 1 aliphatic rings. The minimum Gasteiger partial charge on any atom is -0.322 e. The van der Waals surface area contributed by atoms with Crippen molar-refractivity contribution in [2.45, 2.75) is 25.9 Å². The van der Waals surface area contributed by atoms with Crippen LogP contribution in [0.1, 0.15) is 25.9 Å². The van der Waals surface area contributed by atoms with Gasteiger partial charge in [0.05, 0.1) is 22.9 Å². The number of aromatic nitrogens is 3. The Hall–Kier alpha value is -3.05. The quantitative estimate of drug-likeness (QED) is 0.463. The van der Waals surface area contributed by atoms with Crippen molar-refractivity contribution in [2.75, 3.05) is 13.1 Å². The van der Waals surface area contributed by atoms with Crippen LogP contribution in [0.15, 0.2) is 67.1 Å². The van der Waals surface area contributed by atoms with E-state index in [0.717, 1.165) is 46.5 Å². The Morgan fingerprint density at radius 1 is 0.897 bits per heavy atom. The highest BCUT2D eigenvalue weighted by Gasteiger charge is 2.27. The van der Waals surface area contributed by atoms with Crippen LogP contribution in [0.4, 0.5) is 4.39 Å². The number of nitrogens with zero attached hydrogens (tertiary/aromatic N) is 4. The van der Waals surface area contributed by atoms with Crippen molar-refractivity contribution in [3.05, 3.63) is 72.9 Å². The molecule has 4 heterocycles. The van der Waals surface area contributed by atoms with Crippen LogP contribution in [0.3, 0.4) is 0 Å². The lowest BCUT2D eigenvalue weighted by Gasteiger charge is -2.28. The molecule has 5 heteroatoms. The molecule has 1 aliphatic heterocycles.